The van der Waals surface area contributed by atoms with Gasteiger partial charge in [-0.05, 0) is 43.9 Å². The van der Waals surface area contributed by atoms with Crippen molar-refractivity contribution >= 4 is 11.8 Å². The highest BCUT2D eigenvalue weighted by Gasteiger charge is 2.32. The van der Waals surface area contributed by atoms with Gasteiger partial charge < -0.3 is 5.32 Å². The van der Waals surface area contributed by atoms with Crippen LogP contribution >= 0.6 is 0 Å². The van der Waals surface area contributed by atoms with Gasteiger partial charge in [0, 0.05) is 18.2 Å². The number of nitrogens with one attached hydrogen (secondary N) is 1. The van der Waals surface area contributed by atoms with Crippen LogP contribution in [0.2, 0.25) is 0 Å². The average Bonchev–Trinajstić information content (AvgIpc) is 2.45. The Bertz CT molecular complexity index is 533. The van der Waals surface area contributed by atoms with Gasteiger partial charge in [-0.2, -0.15) is 0 Å². The van der Waals surface area contributed by atoms with Gasteiger partial charge in [-0.1, -0.05) is 18.2 Å². The van der Waals surface area contributed by atoms with Gasteiger partial charge in [0.15, 0.2) is 0 Å². The lowest BCUT2D eigenvalue weighted by molar-refractivity contribution is -0.129. The highest BCUT2D eigenvalue weighted by Crippen LogP contribution is 2.22. The number of imide groups is 1. The zero-order chi connectivity index (χ0) is 14.1. The summed E-state index contributed by atoms with van der Waals surface area (Å²) in [5.41, 5.74) is 1.54. The maximum Gasteiger partial charge on any atom is 0.260 e. The van der Waals surface area contributed by atoms with E-state index in [1.54, 1.807) is 0 Å². The third-order valence-corrected chi connectivity index (χ3v) is 4.34. The molecule has 4 nitrogen and oxygen atoms in total. The number of rotatable bonds is 2. The van der Waals surface area contributed by atoms with Gasteiger partial charge in [-0.25, -0.2) is 0 Å². The molecule has 4 heteroatoms. The molecule has 3 rings (SSSR count). The maximum atomic E-state index is 12.4. The molecule has 1 saturated heterocycles. The number of fused-ring (bicyclic) bond motifs is 1. The van der Waals surface area contributed by atoms with Crippen LogP contribution in [-0.2, 0) is 11.2 Å². The van der Waals surface area contributed by atoms with E-state index >= 15 is 0 Å². The molecule has 1 N–H and O–H groups in total. The molecule has 0 radical (unpaired) electrons. The normalized spacial score (nSPS) is 26.6. The summed E-state index contributed by atoms with van der Waals surface area (Å²) in [4.78, 5) is 26.1. The summed E-state index contributed by atoms with van der Waals surface area (Å²) >= 11 is 0. The quantitative estimate of drug-likeness (QED) is 0.832. The summed E-state index contributed by atoms with van der Waals surface area (Å²) < 4.78 is 0. The Morgan fingerprint density at radius 2 is 2.05 bits per heavy atom. The molecule has 0 bridgehead atoms. The van der Waals surface area contributed by atoms with Gasteiger partial charge >= 0.3 is 0 Å². The Morgan fingerprint density at radius 3 is 2.80 bits per heavy atom. The second-order valence-electron chi connectivity index (χ2n) is 5.90. The van der Waals surface area contributed by atoms with Crippen molar-refractivity contribution in [3.63, 3.8) is 0 Å². The molecule has 2 heterocycles. The van der Waals surface area contributed by atoms with Crippen molar-refractivity contribution in [1.82, 2.24) is 10.2 Å². The number of hydrogen-bond donors (Lipinski definition) is 1. The zero-order valence-electron chi connectivity index (χ0n) is 11.8. The molecule has 20 heavy (non-hydrogen) atoms. The van der Waals surface area contributed by atoms with Crippen LogP contribution in [0.3, 0.4) is 0 Å². The molecule has 2 unspecified atom stereocenters. The van der Waals surface area contributed by atoms with Crippen molar-refractivity contribution in [1.29, 1.82) is 0 Å². The molecule has 0 spiro atoms. The van der Waals surface area contributed by atoms with Gasteiger partial charge in [0.2, 0.25) is 5.91 Å². The van der Waals surface area contributed by atoms with Crippen molar-refractivity contribution in [2.24, 2.45) is 5.92 Å². The lowest BCUT2D eigenvalue weighted by Gasteiger charge is -2.33. The molecule has 0 aromatic heterocycles. The van der Waals surface area contributed by atoms with Gasteiger partial charge in [-0.15, -0.1) is 0 Å². The molecular weight excluding hydrogens is 252 g/mol. The van der Waals surface area contributed by atoms with E-state index in [-0.39, 0.29) is 11.8 Å². The van der Waals surface area contributed by atoms with Crippen LogP contribution in [0.5, 0.6) is 0 Å². The summed E-state index contributed by atoms with van der Waals surface area (Å²) in [6.45, 7) is 3.61. The van der Waals surface area contributed by atoms with Gasteiger partial charge in [0.1, 0.15) is 0 Å². The molecule has 2 atom stereocenters. The van der Waals surface area contributed by atoms with Crippen LogP contribution < -0.4 is 5.32 Å². The SMILES string of the molecule is CC1CCC(CN2C(=O)Cc3ccccc3C2=O)CN1. The molecule has 106 valence electrons. The molecule has 2 amide bonds. The number of carbonyl (C=O) groups excluding carboxylic acids is 2. The second kappa shape index (κ2) is 5.37. The van der Waals surface area contributed by atoms with Crippen molar-refractivity contribution in [3.8, 4) is 0 Å². The number of benzene rings is 1. The lowest BCUT2D eigenvalue weighted by Crippen LogP contribution is -2.48. The van der Waals surface area contributed by atoms with Crippen LogP contribution in [0, 0.1) is 5.92 Å². The Balaban J connectivity index is 1.74. The summed E-state index contributed by atoms with van der Waals surface area (Å²) in [6, 6.07) is 7.96. The zero-order valence-corrected chi connectivity index (χ0v) is 11.8. The Hall–Kier alpha value is -1.68. The average molecular weight is 272 g/mol. The van der Waals surface area contributed by atoms with E-state index in [0.717, 1.165) is 24.9 Å². The predicted octanol–water partition coefficient (Wildman–Crippen LogP) is 1.60. The summed E-state index contributed by atoms with van der Waals surface area (Å²) in [6.07, 6.45) is 2.53. The van der Waals surface area contributed by atoms with Crippen LogP contribution in [0.15, 0.2) is 24.3 Å². The number of amides is 2. The lowest BCUT2D eigenvalue weighted by atomic mass is 9.93. The number of hydrogen-bond acceptors (Lipinski definition) is 3. The van der Waals surface area contributed by atoms with Crippen molar-refractivity contribution in [3.05, 3.63) is 35.4 Å². The van der Waals surface area contributed by atoms with E-state index in [1.807, 2.05) is 24.3 Å². The smallest absolute Gasteiger partial charge is 0.260 e. The molecule has 1 fully saturated rings. The van der Waals surface area contributed by atoms with E-state index < -0.39 is 0 Å². The molecule has 0 aliphatic carbocycles. The van der Waals surface area contributed by atoms with Crippen LogP contribution in [0.25, 0.3) is 0 Å². The van der Waals surface area contributed by atoms with E-state index in [9.17, 15) is 9.59 Å². The molecular formula is C16H20N2O2. The fourth-order valence-corrected chi connectivity index (χ4v) is 3.06. The first-order valence-electron chi connectivity index (χ1n) is 7.31. The monoisotopic (exact) mass is 272 g/mol. The number of carbonyl (C=O) groups is 2. The summed E-state index contributed by atoms with van der Waals surface area (Å²) in [5.74, 6) is 0.187. The maximum absolute atomic E-state index is 12.4. The summed E-state index contributed by atoms with van der Waals surface area (Å²) in [5, 5.41) is 3.42. The van der Waals surface area contributed by atoms with E-state index in [1.165, 1.54) is 4.90 Å². The van der Waals surface area contributed by atoms with Crippen LogP contribution in [0.1, 0.15) is 35.7 Å². The highest BCUT2D eigenvalue weighted by atomic mass is 16.2. The Labute approximate surface area is 119 Å². The molecule has 0 saturated carbocycles. The van der Waals surface area contributed by atoms with Crippen molar-refractivity contribution < 1.29 is 9.59 Å². The molecule has 2 aliphatic rings. The minimum atomic E-state index is -0.129. The Morgan fingerprint density at radius 1 is 1.25 bits per heavy atom. The van der Waals surface area contributed by atoms with Gasteiger partial charge in [-0.3, -0.25) is 14.5 Å². The van der Waals surface area contributed by atoms with Crippen LogP contribution in [-0.4, -0.2) is 35.8 Å². The first-order chi connectivity index (χ1) is 9.65. The third kappa shape index (κ3) is 2.48. The number of nitrogens with zero attached hydrogens (tertiary/aromatic N) is 1. The fourth-order valence-electron chi connectivity index (χ4n) is 3.06. The third-order valence-electron chi connectivity index (χ3n) is 4.34. The summed E-state index contributed by atoms with van der Waals surface area (Å²) in [7, 11) is 0. The van der Waals surface area contributed by atoms with Gasteiger partial charge in [0.05, 0.1) is 6.42 Å². The van der Waals surface area contributed by atoms with E-state index in [2.05, 4.69) is 12.2 Å². The standard InChI is InChI=1S/C16H20N2O2/c1-11-6-7-12(9-17-11)10-18-15(19)8-13-4-2-3-5-14(13)16(18)20/h2-5,11-12,17H,6-10H2,1H3. The topological polar surface area (TPSA) is 49.4 Å². The first kappa shape index (κ1) is 13.3. The molecule has 1 aromatic rings. The minimum absolute atomic E-state index is 0.0627. The largest absolute Gasteiger partial charge is 0.314 e. The van der Waals surface area contributed by atoms with Crippen LogP contribution in [0.4, 0.5) is 0 Å². The van der Waals surface area contributed by atoms with E-state index in [0.29, 0.717) is 30.5 Å². The van der Waals surface area contributed by atoms with Gasteiger partial charge in [0.25, 0.3) is 5.91 Å². The second-order valence-corrected chi connectivity index (χ2v) is 5.90. The first-order valence-corrected chi connectivity index (χ1v) is 7.31. The molecule has 1 aromatic carbocycles. The van der Waals surface area contributed by atoms with Crippen molar-refractivity contribution in [2.75, 3.05) is 13.1 Å². The van der Waals surface area contributed by atoms with Crippen molar-refractivity contribution in [2.45, 2.75) is 32.2 Å². The van der Waals surface area contributed by atoms with E-state index in [4.69, 9.17) is 0 Å². The Kier molecular flexibility index (Phi) is 3.57. The highest BCUT2D eigenvalue weighted by molar-refractivity contribution is 6.09. The minimum Gasteiger partial charge on any atom is -0.314 e. The predicted molar refractivity (Wildman–Crippen MR) is 76.4 cm³/mol. The number of piperidine rings is 1. The molecule has 2 aliphatic heterocycles. The fraction of sp³-hybridized carbons (Fsp3) is 0.500.